The van der Waals surface area contributed by atoms with Crippen molar-refractivity contribution < 1.29 is 4.79 Å². The molecular weight excluding hydrogens is 361 g/mol. The highest BCUT2D eigenvalue weighted by atomic mass is 35.5. The lowest BCUT2D eigenvalue weighted by Crippen LogP contribution is -2.55. The van der Waals surface area contributed by atoms with Crippen LogP contribution in [0.1, 0.15) is 31.3 Å². The number of nitrogens with zero attached hydrogens (tertiary/aromatic N) is 1. The van der Waals surface area contributed by atoms with Gasteiger partial charge in [-0.25, -0.2) is 4.98 Å². The van der Waals surface area contributed by atoms with E-state index in [-0.39, 0.29) is 36.6 Å². The third kappa shape index (κ3) is 4.67. The lowest BCUT2D eigenvalue weighted by molar-refractivity contribution is 0.0879. The van der Waals surface area contributed by atoms with Crippen molar-refractivity contribution in [1.82, 2.24) is 10.3 Å². The van der Waals surface area contributed by atoms with E-state index in [0.29, 0.717) is 12.2 Å². The molecule has 8 heteroatoms. The number of thiazole rings is 1. The van der Waals surface area contributed by atoms with Crippen LogP contribution in [0.4, 0.5) is 0 Å². The van der Waals surface area contributed by atoms with Gasteiger partial charge in [0, 0.05) is 11.9 Å². The summed E-state index contributed by atoms with van der Waals surface area (Å²) in [6, 6.07) is 3.98. The first-order valence-electron chi connectivity index (χ1n) is 6.48. The van der Waals surface area contributed by atoms with Crippen molar-refractivity contribution in [2.24, 2.45) is 11.7 Å². The molecule has 0 spiro atoms. The van der Waals surface area contributed by atoms with Crippen LogP contribution in [0, 0.1) is 5.92 Å². The molecule has 1 atom stereocenters. The number of carbonyl (C=O) groups is 1. The van der Waals surface area contributed by atoms with Crippen LogP contribution in [0.25, 0.3) is 9.88 Å². The number of rotatable bonds is 5. The molecule has 2 aromatic rings. The molecule has 0 aliphatic rings. The molecule has 22 heavy (non-hydrogen) atoms. The second kappa shape index (κ2) is 8.84. The van der Waals surface area contributed by atoms with E-state index in [9.17, 15) is 4.79 Å². The van der Waals surface area contributed by atoms with Crippen molar-refractivity contribution in [2.75, 3.05) is 6.54 Å². The predicted molar refractivity (Wildman–Crippen MR) is 99.7 cm³/mol. The molecule has 3 N–H and O–H groups in total. The highest BCUT2D eigenvalue weighted by Gasteiger charge is 2.29. The molecule has 4 nitrogen and oxygen atoms in total. The number of nitrogens with two attached hydrogens (primary N) is 1. The molecule has 2 heterocycles. The summed E-state index contributed by atoms with van der Waals surface area (Å²) >= 11 is 3.10. The Morgan fingerprint density at radius 1 is 1.41 bits per heavy atom. The maximum atomic E-state index is 12.3. The number of halogens is 2. The van der Waals surface area contributed by atoms with Gasteiger partial charge in [0.15, 0.2) is 0 Å². The molecule has 2 rings (SSSR count). The number of hydrogen-bond acceptors (Lipinski definition) is 5. The second-order valence-electron chi connectivity index (χ2n) is 5.25. The van der Waals surface area contributed by atoms with Gasteiger partial charge in [-0.05, 0) is 24.3 Å². The molecule has 0 aliphatic carbocycles. The minimum atomic E-state index is -0.413. The first-order chi connectivity index (χ1) is 9.46. The van der Waals surface area contributed by atoms with E-state index in [4.69, 9.17) is 5.73 Å². The van der Waals surface area contributed by atoms with Crippen LogP contribution in [0.2, 0.25) is 0 Å². The van der Waals surface area contributed by atoms with Gasteiger partial charge < -0.3 is 11.1 Å². The van der Waals surface area contributed by atoms with Crippen LogP contribution >= 0.6 is 47.5 Å². The highest BCUT2D eigenvalue weighted by molar-refractivity contribution is 7.20. The molecular formula is C14H21Cl2N3OS2. The lowest BCUT2D eigenvalue weighted by atomic mass is 9.88. The molecule has 0 fully saturated rings. The molecule has 0 aromatic carbocycles. The molecule has 0 saturated carbocycles. The van der Waals surface area contributed by atoms with Gasteiger partial charge >= 0.3 is 0 Å². The summed E-state index contributed by atoms with van der Waals surface area (Å²) in [5.74, 6) is 0.0950. The van der Waals surface area contributed by atoms with Crippen LogP contribution in [0.5, 0.6) is 0 Å². The van der Waals surface area contributed by atoms with Gasteiger partial charge in [0.25, 0.3) is 5.91 Å². The van der Waals surface area contributed by atoms with Gasteiger partial charge in [-0.3, -0.25) is 4.79 Å². The molecule has 0 radical (unpaired) electrons. The van der Waals surface area contributed by atoms with E-state index in [1.54, 1.807) is 16.7 Å². The SMILES string of the molecule is CC(C)C(C)(CN)NC(=O)c1csc(-c2cccs2)n1.Cl.Cl. The summed E-state index contributed by atoms with van der Waals surface area (Å²) in [4.78, 5) is 17.8. The van der Waals surface area contributed by atoms with E-state index in [1.807, 2.05) is 38.3 Å². The summed E-state index contributed by atoms with van der Waals surface area (Å²) in [5.41, 5.74) is 5.83. The zero-order valence-electron chi connectivity index (χ0n) is 12.7. The zero-order chi connectivity index (χ0) is 14.8. The van der Waals surface area contributed by atoms with Crippen molar-refractivity contribution in [2.45, 2.75) is 26.3 Å². The standard InChI is InChI=1S/C14H19N3OS2.2ClH/c1-9(2)14(3,8-15)17-12(18)10-7-20-13(16-10)11-5-4-6-19-11;;/h4-7,9H,8,15H2,1-3H3,(H,17,18);2*1H. The van der Waals surface area contributed by atoms with Crippen molar-refractivity contribution in [3.05, 3.63) is 28.6 Å². The van der Waals surface area contributed by atoms with E-state index >= 15 is 0 Å². The molecule has 1 unspecified atom stereocenters. The Morgan fingerprint density at radius 3 is 2.59 bits per heavy atom. The molecule has 0 aliphatic heterocycles. The number of amides is 1. The fourth-order valence-electron chi connectivity index (χ4n) is 1.65. The number of aromatic nitrogens is 1. The van der Waals surface area contributed by atoms with Crippen LogP contribution in [0.3, 0.4) is 0 Å². The molecule has 2 aromatic heterocycles. The third-order valence-corrected chi connectivity index (χ3v) is 5.45. The number of hydrogen-bond donors (Lipinski definition) is 2. The molecule has 124 valence electrons. The van der Waals surface area contributed by atoms with Crippen molar-refractivity contribution in [3.63, 3.8) is 0 Å². The predicted octanol–water partition coefficient (Wildman–Crippen LogP) is 3.82. The number of carbonyl (C=O) groups excluding carboxylic acids is 1. The lowest BCUT2D eigenvalue weighted by Gasteiger charge is -2.33. The number of nitrogens with one attached hydrogen (secondary N) is 1. The Bertz CT molecular complexity index is 587. The maximum absolute atomic E-state index is 12.3. The average molecular weight is 382 g/mol. The number of thiophene rings is 1. The van der Waals surface area contributed by atoms with Crippen LogP contribution < -0.4 is 11.1 Å². The summed E-state index contributed by atoms with van der Waals surface area (Å²) < 4.78 is 0. The van der Waals surface area contributed by atoms with Crippen LogP contribution in [-0.4, -0.2) is 23.0 Å². The first kappa shape index (κ1) is 21.3. The Hall–Kier alpha value is -0.660. The van der Waals surface area contributed by atoms with Crippen LogP contribution in [0.15, 0.2) is 22.9 Å². The smallest absolute Gasteiger partial charge is 0.271 e. The van der Waals surface area contributed by atoms with E-state index in [2.05, 4.69) is 10.3 Å². The quantitative estimate of drug-likeness (QED) is 0.826. The topological polar surface area (TPSA) is 68.0 Å². The summed E-state index contributed by atoms with van der Waals surface area (Å²) in [7, 11) is 0. The average Bonchev–Trinajstić information content (AvgIpc) is 3.08. The van der Waals surface area contributed by atoms with Crippen molar-refractivity contribution in [1.29, 1.82) is 0 Å². The molecule has 0 saturated heterocycles. The largest absolute Gasteiger partial charge is 0.344 e. The Labute approximate surface area is 151 Å². The van der Waals surface area contributed by atoms with Gasteiger partial charge in [0.1, 0.15) is 10.7 Å². The van der Waals surface area contributed by atoms with E-state index in [0.717, 1.165) is 9.88 Å². The Morgan fingerprint density at radius 2 is 2.09 bits per heavy atom. The van der Waals surface area contributed by atoms with E-state index < -0.39 is 5.54 Å². The monoisotopic (exact) mass is 381 g/mol. The third-order valence-electron chi connectivity index (χ3n) is 3.57. The van der Waals surface area contributed by atoms with E-state index in [1.165, 1.54) is 11.3 Å². The maximum Gasteiger partial charge on any atom is 0.271 e. The fourth-order valence-corrected chi connectivity index (χ4v) is 3.26. The van der Waals surface area contributed by atoms with Gasteiger partial charge in [-0.2, -0.15) is 0 Å². The van der Waals surface area contributed by atoms with Gasteiger partial charge in [0.05, 0.1) is 10.4 Å². The molecule has 1 amide bonds. The molecule has 0 bridgehead atoms. The Kier molecular flexibility index (Phi) is 8.57. The Balaban J connectivity index is 0.00000220. The van der Waals surface area contributed by atoms with Gasteiger partial charge in [0.2, 0.25) is 0 Å². The zero-order valence-corrected chi connectivity index (χ0v) is 15.9. The second-order valence-corrected chi connectivity index (χ2v) is 7.05. The minimum Gasteiger partial charge on any atom is -0.344 e. The van der Waals surface area contributed by atoms with Gasteiger partial charge in [-0.1, -0.05) is 19.9 Å². The van der Waals surface area contributed by atoms with Crippen LogP contribution in [-0.2, 0) is 0 Å². The normalized spacial score (nSPS) is 13.0. The summed E-state index contributed by atoms with van der Waals surface area (Å²) in [6.45, 7) is 6.46. The highest BCUT2D eigenvalue weighted by Crippen LogP contribution is 2.28. The van der Waals surface area contributed by atoms with Crippen molar-refractivity contribution in [3.8, 4) is 9.88 Å². The summed E-state index contributed by atoms with van der Waals surface area (Å²) in [5, 5.41) is 7.67. The minimum absolute atomic E-state index is 0. The fraction of sp³-hybridized carbons (Fsp3) is 0.429. The van der Waals surface area contributed by atoms with Crippen molar-refractivity contribution >= 4 is 53.4 Å². The van der Waals surface area contributed by atoms with Gasteiger partial charge in [-0.15, -0.1) is 47.5 Å². The first-order valence-corrected chi connectivity index (χ1v) is 8.24. The summed E-state index contributed by atoms with van der Waals surface area (Å²) in [6.07, 6.45) is 0.